The number of carbonyl (C=O) groups excluding carboxylic acids is 4. The van der Waals surface area contributed by atoms with E-state index in [0.717, 1.165) is 50.5 Å². The van der Waals surface area contributed by atoms with Gasteiger partial charge < -0.3 is 70.0 Å². The summed E-state index contributed by atoms with van der Waals surface area (Å²) in [7, 11) is 0. The highest BCUT2D eigenvalue weighted by molar-refractivity contribution is 5.89. The van der Waals surface area contributed by atoms with Crippen LogP contribution < -0.4 is 0 Å². The average Bonchev–Trinajstić information content (AvgIpc) is 1.51. The van der Waals surface area contributed by atoms with Crippen molar-refractivity contribution in [3.8, 4) is 0 Å². The van der Waals surface area contributed by atoms with Gasteiger partial charge >= 0.3 is 47.8 Å². The summed E-state index contributed by atoms with van der Waals surface area (Å²) in [5.41, 5.74) is -8.47. The molecule has 22 nitrogen and oxygen atoms in total. The minimum absolute atomic E-state index is 0.00104. The number of aliphatic carboxylic acids is 4. The molecule has 98 heavy (non-hydrogen) atoms. The number of hydrogen-bond acceptors (Lipinski definition) is 18. The van der Waals surface area contributed by atoms with E-state index in [-0.39, 0.29) is 29.1 Å². The smallest absolute Gasteiger partial charge is 0.316 e. The number of carboxylic acids is 4. The van der Waals surface area contributed by atoms with Crippen molar-refractivity contribution >= 4 is 47.8 Å². The van der Waals surface area contributed by atoms with E-state index in [1.807, 2.05) is 6.08 Å². The minimum atomic E-state index is -1.27. The monoisotopic (exact) mass is 1360 g/mol. The molecule has 0 aromatic rings. The number of aliphatic hydroxyl groups excluding tert-OH is 4. The first kappa shape index (κ1) is 65.3. The number of hydrogen-bond donors (Lipinski definition) is 10. The van der Waals surface area contributed by atoms with Crippen molar-refractivity contribution in [3.63, 3.8) is 0 Å². The van der Waals surface area contributed by atoms with Gasteiger partial charge in [0.05, 0.1) is 70.1 Å². The Morgan fingerprint density at radius 3 is 1.18 bits per heavy atom. The summed E-state index contributed by atoms with van der Waals surface area (Å²) >= 11 is 0. The molecular weight excluding hydrogens is 1260 g/mol. The van der Waals surface area contributed by atoms with Crippen LogP contribution in [0.5, 0.6) is 0 Å². The van der Waals surface area contributed by atoms with E-state index in [1.54, 1.807) is 45.9 Å². The standard InChI is InChI=1S/C19H24O6.C19H22O6.C19H24O5.C19H22O5/c2*1-9-7-17-8-18(9,24)5-3-10(17)19-6-4-11(20)16(2,15(23)25-19)13(19)12(17)14(21)22;2*1-9-7-18-8-10(9)3-4-11(18)19-6-5-12(20)17(2,16(23)24-19)14(19)13(18)15(21)22/h10-13,20,24H,1,3-8H2,2H3,(H,21,22);4,6,10-13,20,24H,1,3,5,7-8H2,2H3,(H,21,22);10-14,20H,1,3-8H2,2H3,(H,21,22);5-6,10-14,20H,1,3-4,7-8H2,2H3,(H,21,22)/t2*10?,11?,12?,13?,16?,17?,18-,19?;;/m00../s1. The van der Waals surface area contributed by atoms with Gasteiger partial charge in [-0.2, -0.15) is 0 Å². The zero-order valence-electron chi connectivity index (χ0n) is 56.0. The SMILES string of the molecule is C=C1CC23CC1CCC2C12C=CC(O)C(C)(C(=O)O1)C2C3C(=O)O.C=C1CC23CC1CCC2C12CCC(O)C(C)(C(=O)O1)C2C3C(=O)O.C=C1CC23C[C@@]1(O)CCC2C12C=CC(O)C(C)(C(=O)O1)C2C3C(=O)O.C=C1CC23C[C@@]1(O)CCC2C12CCC(O)C(C)(C(=O)O1)C2C3C(=O)O. The predicted molar refractivity (Wildman–Crippen MR) is 338 cm³/mol. The number of fused-ring (bicyclic) bond motifs is 4. The van der Waals surface area contributed by atoms with Gasteiger partial charge in [-0.15, -0.1) is 0 Å². The highest BCUT2D eigenvalue weighted by Crippen LogP contribution is 2.83. The Balaban J connectivity index is 0.0000000982. The Hall–Kier alpha value is -6.04. The number of aliphatic hydroxyl groups is 6. The van der Waals surface area contributed by atoms with Crippen molar-refractivity contribution in [2.45, 2.75) is 214 Å². The van der Waals surface area contributed by atoms with Gasteiger partial charge in [0.2, 0.25) is 0 Å². The number of ether oxygens (including phenoxy) is 4. The molecule has 0 amide bonds. The number of carboxylic acid groups (broad SMARTS) is 4. The number of allylic oxidation sites excluding steroid dienone is 2. The first-order valence-electron chi connectivity index (χ1n) is 35.9. The van der Waals surface area contributed by atoms with E-state index in [2.05, 4.69) is 26.3 Å². The second-order valence-corrected chi connectivity index (χ2v) is 36.0. The summed E-state index contributed by atoms with van der Waals surface area (Å²) in [6.45, 7) is 23.2. The van der Waals surface area contributed by atoms with Crippen LogP contribution in [0.3, 0.4) is 0 Å². The van der Waals surface area contributed by atoms with Crippen LogP contribution in [0.2, 0.25) is 0 Å². The summed E-state index contributed by atoms with van der Waals surface area (Å²) in [4.78, 5) is 100. The highest BCUT2D eigenvalue weighted by atomic mass is 16.6. The molecule has 10 N–H and O–H groups in total. The Labute approximate surface area is 567 Å². The van der Waals surface area contributed by atoms with E-state index in [1.165, 1.54) is 5.57 Å². The normalized spacial score (nSPS) is 57.8. The van der Waals surface area contributed by atoms with Gasteiger partial charge in [0.1, 0.15) is 33.2 Å². The molecule has 4 aliphatic heterocycles. The van der Waals surface area contributed by atoms with E-state index >= 15 is 0 Å². The van der Waals surface area contributed by atoms with E-state index < -0.39 is 191 Å². The molecule has 4 spiro atoms. The third kappa shape index (κ3) is 6.87. The molecule has 30 unspecified atom stereocenters. The molecule has 528 valence electrons. The van der Waals surface area contributed by atoms with Gasteiger partial charge in [-0.1, -0.05) is 49.6 Å². The van der Waals surface area contributed by atoms with Crippen LogP contribution in [0, 0.1) is 126 Å². The zero-order chi connectivity index (χ0) is 70.1. The molecule has 16 bridgehead atoms. The lowest BCUT2D eigenvalue weighted by Gasteiger charge is -2.45. The molecule has 14 saturated carbocycles. The molecule has 4 heterocycles. The van der Waals surface area contributed by atoms with Gasteiger partial charge in [0.15, 0.2) is 0 Å². The maximum Gasteiger partial charge on any atom is 0.316 e. The van der Waals surface area contributed by atoms with Crippen LogP contribution in [0.1, 0.15) is 156 Å². The summed E-state index contributed by atoms with van der Waals surface area (Å²) < 4.78 is 23.8. The Morgan fingerprint density at radius 1 is 0.418 bits per heavy atom. The fraction of sp³-hybridized carbons (Fsp3) is 0.737. The van der Waals surface area contributed by atoms with Crippen LogP contribution in [0.25, 0.3) is 0 Å². The molecule has 4 saturated heterocycles. The van der Waals surface area contributed by atoms with Crippen molar-refractivity contribution in [2.24, 2.45) is 126 Å². The topological polar surface area (TPSA) is 376 Å². The third-order valence-electron chi connectivity index (χ3n) is 33.2. The molecule has 0 aromatic carbocycles. The second kappa shape index (κ2) is 19.2. The number of carbonyl (C=O) groups is 8. The molecule has 16 aliphatic carbocycles. The molecule has 32 atom stereocenters. The van der Waals surface area contributed by atoms with Crippen LogP contribution in [0.15, 0.2) is 72.9 Å². The molecule has 0 aromatic heterocycles. The largest absolute Gasteiger partial charge is 0.481 e. The first-order chi connectivity index (χ1) is 45.8. The first-order valence-corrected chi connectivity index (χ1v) is 35.9. The van der Waals surface area contributed by atoms with E-state index in [0.29, 0.717) is 106 Å². The Bertz CT molecular complexity index is 3890. The lowest BCUT2D eigenvalue weighted by molar-refractivity contribution is -0.166. The Kier molecular flexibility index (Phi) is 12.8. The van der Waals surface area contributed by atoms with E-state index in [9.17, 15) is 89.4 Å². The zero-order valence-corrected chi connectivity index (χ0v) is 56.0. The van der Waals surface area contributed by atoms with Crippen LogP contribution in [-0.4, -0.2) is 157 Å². The fourth-order valence-electron chi connectivity index (χ4n) is 29.6. The minimum Gasteiger partial charge on any atom is -0.481 e. The number of rotatable bonds is 4. The molecule has 22 heteroatoms. The molecular formula is C76H92O22. The van der Waals surface area contributed by atoms with Crippen LogP contribution >= 0.6 is 0 Å². The lowest BCUT2D eigenvalue weighted by Crippen LogP contribution is -2.53. The van der Waals surface area contributed by atoms with Crippen molar-refractivity contribution < 1.29 is 108 Å². The van der Waals surface area contributed by atoms with Crippen molar-refractivity contribution in [1.82, 2.24) is 0 Å². The maximum atomic E-state index is 12.7. The van der Waals surface area contributed by atoms with Gasteiger partial charge in [0, 0.05) is 47.3 Å². The molecule has 20 aliphatic rings. The second-order valence-electron chi connectivity index (χ2n) is 36.0. The Morgan fingerprint density at radius 2 is 0.755 bits per heavy atom. The fourth-order valence-corrected chi connectivity index (χ4v) is 29.6. The van der Waals surface area contributed by atoms with Gasteiger partial charge in [0.25, 0.3) is 0 Å². The predicted octanol–water partition coefficient (Wildman–Crippen LogP) is 6.33. The summed E-state index contributed by atoms with van der Waals surface area (Å²) in [6.07, 6.45) is 15.8. The van der Waals surface area contributed by atoms with Crippen LogP contribution in [0.4, 0.5) is 0 Å². The molecule has 18 fully saturated rings. The van der Waals surface area contributed by atoms with Crippen molar-refractivity contribution in [2.75, 3.05) is 0 Å². The molecule has 0 radical (unpaired) electrons. The third-order valence-corrected chi connectivity index (χ3v) is 33.2. The maximum absolute atomic E-state index is 12.7. The lowest BCUT2D eigenvalue weighted by atomic mass is 9.59. The van der Waals surface area contributed by atoms with Gasteiger partial charge in [-0.05, 0) is 213 Å². The highest BCUT2D eigenvalue weighted by Gasteiger charge is 2.88. The summed E-state index contributed by atoms with van der Waals surface area (Å²) in [6, 6.07) is 0. The average molecular weight is 1360 g/mol. The molecule has 20 rings (SSSR count). The quantitative estimate of drug-likeness (QED) is 0.0835. The van der Waals surface area contributed by atoms with Crippen molar-refractivity contribution in [1.29, 1.82) is 0 Å². The summed E-state index contributed by atoms with van der Waals surface area (Å²) in [5, 5.41) is 105. The van der Waals surface area contributed by atoms with Gasteiger partial charge in [-0.25, -0.2) is 0 Å². The van der Waals surface area contributed by atoms with E-state index in [4.69, 9.17) is 18.9 Å². The number of esters is 4. The van der Waals surface area contributed by atoms with Gasteiger partial charge in [-0.3, -0.25) is 38.4 Å². The summed E-state index contributed by atoms with van der Waals surface area (Å²) in [5.74, 6) is -9.94. The van der Waals surface area contributed by atoms with Crippen LogP contribution in [-0.2, 0) is 57.3 Å². The van der Waals surface area contributed by atoms with Crippen molar-refractivity contribution in [3.05, 3.63) is 72.9 Å².